The third-order valence-corrected chi connectivity index (χ3v) is 2.93. The number of Topliss-reactive ketones (excluding diaryl/α,β-unsaturated/α-hetero) is 1. The molecule has 3 nitrogen and oxygen atoms in total. The van der Waals surface area contributed by atoms with E-state index in [1.54, 1.807) is 10.6 Å². The lowest BCUT2D eigenvalue weighted by atomic mass is 10.2. The number of ketones is 1. The third-order valence-electron chi connectivity index (χ3n) is 2.93. The number of halogens is 3. The molecular weight excluding hydrogens is 257 g/mol. The molecule has 1 aromatic heterocycles. The minimum absolute atomic E-state index is 0.158. The summed E-state index contributed by atoms with van der Waals surface area (Å²) in [6.07, 6.45) is -5.53. The Morgan fingerprint density at radius 1 is 1.37 bits per heavy atom. The van der Waals surface area contributed by atoms with Gasteiger partial charge in [-0.3, -0.25) is 4.79 Å². The van der Waals surface area contributed by atoms with Crippen molar-refractivity contribution < 1.29 is 18.0 Å². The summed E-state index contributed by atoms with van der Waals surface area (Å²) in [5, 5.41) is 0. The van der Waals surface area contributed by atoms with E-state index in [2.05, 4.69) is 4.98 Å². The van der Waals surface area contributed by atoms with Gasteiger partial charge in [-0.15, -0.1) is 0 Å². The highest BCUT2D eigenvalue weighted by Gasteiger charge is 2.38. The van der Waals surface area contributed by atoms with Gasteiger partial charge in [0, 0.05) is 6.54 Å². The van der Waals surface area contributed by atoms with Crippen molar-refractivity contribution in [3.8, 4) is 0 Å². The van der Waals surface area contributed by atoms with Gasteiger partial charge in [-0.25, -0.2) is 4.98 Å². The smallest absolute Gasteiger partial charge is 0.328 e. The lowest BCUT2D eigenvalue weighted by Gasteiger charge is -2.07. The minimum atomic E-state index is -4.81. The van der Waals surface area contributed by atoms with Gasteiger partial charge >= 0.3 is 6.18 Å². The number of aromatic nitrogens is 2. The monoisotopic (exact) mass is 270 g/mol. The Morgan fingerprint density at radius 3 is 2.63 bits per heavy atom. The topological polar surface area (TPSA) is 34.9 Å². The third kappa shape index (κ3) is 2.62. The molecule has 0 aliphatic rings. The SMILES string of the molecule is CCn1c(CC(=O)C(F)(F)F)nc2cc(C)ccc21. The Bertz CT molecular complexity index is 629. The van der Waals surface area contributed by atoms with E-state index in [9.17, 15) is 18.0 Å². The average molecular weight is 270 g/mol. The quantitative estimate of drug-likeness (QED) is 0.859. The van der Waals surface area contributed by atoms with Crippen LogP contribution < -0.4 is 0 Å². The molecule has 0 N–H and O–H groups in total. The van der Waals surface area contributed by atoms with Gasteiger partial charge in [0.25, 0.3) is 0 Å². The molecule has 0 amide bonds. The molecule has 0 saturated carbocycles. The van der Waals surface area contributed by atoms with Crippen LogP contribution in [-0.4, -0.2) is 21.5 Å². The Balaban J connectivity index is 2.46. The van der Waals surface area contributed by atoms with E-state index in [-0.39, 0.29) is 5.82 Å². The van der Waals surface area contributed by atoms with E-state index in [1.807, 2.05) is 26.0 Å². The maximum absolute atomic E-state index is 12.3. The van der Waals surface area contributed by atoms with Crippen LogP contribution in [0.15, 0.2) is 18.2 Å². The molecule has 0 bridgehead atoms. The van der Waals surface area contributed by atoms with Gasteiger partial charge in [0.05, 0.1) is 17.5 Å². The van der Waals surface area contributed by atoms with E-state index in [1.165, 1.54) is 0 Å². The van der Waals surface area contributed by atoms with E-state index in [0.717, 1.165) is 11.1 Å². The molecule has 2 rings (SSSR count). The fraction of sp³-hybridized carbons (Fsp3) is 0.385. The van der Waals surface area contributed by atoms with Crippen molar-refractivity contribution in [2.75, 3.05) is 0 Å². The van der Waals surface area contributed by atoms with Crippen molar-refractivity contribution in [3.05, 3.63) is 29.6 Å². The number of aryl methyl sites for hydroxylation is 2. The van der Waals surface area contributed by atoms with Crippen LogP contribution in [0.25, 0.3) is 11.0 Å². The number of carbonyl (C=O) groups excluding carboxylic acids is 1. The number of alkyl halides is 3. The fourth-order valence-corrected chi connectivity index (χ4v) is 2.02. The van der Waals surface area contributed by atoms with Crippen LogP contribution in [0.1, 0.15) is 18.3 Å². The van der Waals surface area contributed by atoms with Crippen LogP contribution in [-0.2, 0) is 17.8 Å². The number of fused-ring (bicyclic) bond motifs is 1. The van der Waals surface area contributed by atoms with E-state index in [0.29, 0.717) is 12.1 Å². The summed E-state index contributed by atoms with van der Waals surface area (Å²) < 4.78 is 38.5. The van der Waals surface area contributed by atoms with Crippen LogP contribution >= 0.6 is 0 Å². The van der Waals surface area contributed by atoms with Gasteiger partial charge in [0.15, 0.2) is 0 Å². The normalized spacial score (nSPS) is 12.1. The molecule has 0 saturated heterocycles. The first kappa shape index (κ1) is 13.6. The first-order valence-corrected chi connectivity index (χ1v) is 5.88. The average Bonchev–Trinajstić information content (AvgIpc) is 2.63. The summed E-state index contributed by atoms with van der Waals surface area (Å²) in [5.74, 6) is -1.61. The Morgan fingerprint density at radius 2 is 2.05 bits per heavy atom. The minimum Gasteiger partial charge on any atom is -0.328 e. The van der Waals surface area contributed by atoms with Gasteiger partial charge < -0.3 is 4.57 Å². The lowest BCUT2D eigenvalue weighted by Crippen LogP contribution is -2.26. The number of imidazole rings is 1. The van der Waals surface area contributed by atoms with Crippen molar-refractivity contribution in [3.63, 3.8) is 0 Å². The second kappa shape index (κ2) is 4.68. The highest BCUT2D eigenvalue weighted by Crippen LogP contribution is 2.22. The second-order valence-corrected chi connectivity index (χ2v) is 4.36. The molecule has 2 aromatic rings. The zero-order valence-electron chi connectivity index (χ0n) is 10.6. The molecule has 6 heteroatoms. The van der Waals surface area contributed by atoms with Gasteiger partial charge in [-0.2, -0.15) is 13.2 Å². The molecule has 0 unspecified atom stereocenters. The summed E-state index contributed by atoms with van der Waals surface area (Å²) in [6, 6.07) is 5.47. The number of rotatable bonds is 3. The van der Waals surface area contributed by atoms with Crippen LogP contribution in [0.2, 0.25) is 0 Å². The summed E-state index contributed by atoms with van der Waals surface area (Å²) >= 11 is 0. The van der Waals surface area contributed by atoms with E-state index >= 15 is 0 Å². The Kier molecular flexibility index (Phi) is 3.34. The molecule has 19 heavy (non-hydrogen) atoms. The summed E-state index contributed by atoms with van der Waals surface area (Å²) in [4.78, 5) is 15.2. The van der Waals surface area contributed by atoms with Gasteiger partial charge in [0.1, 0.15) is 5.82 Å². The van der Waals surface area contributed by atoms with Crippen molar-refractivity contribution in [1.29, 1.82) is 0 Å². The Hall–Kier alpha value is -1.85. The molecule has 0 fully saturated rings. The molecule has 0 atom stereocenters. The molecule has 0 spiro atoms. The van der Waals surface area contributed by atoms with Crippen LogP contribution in [0.5, 0.6) is 0 Å². The molecular formula is C13H13F3N2O. The number of carbonyl (C=O) groups is 1. The molecule has 1 heterocycles. The first-order chi connectivity index (χ1) is 8.82. The van der Waals surface area contributed by atoms with Crippen LogP contribution in [0, 0.1) is 6.92 Å². The highest BCUT2D eigenvalue weighted by atomic mass is 19.4. The summed E-state index contributed by atoms with van der Waals surface area (Å²) in [6.45, 7) is 4.16. The summed E-state index contributed by atoms with van der Waals surface area (Å²) in [7, 11) is 0. The van der Waals surface area contributed by atoms with E-state index < -0.39 is 18.4 Å². The number of benzene rings is 1. The van der Waals surface area contributed by atoms with Crippen LogP contribution in [0.3, 0.4) is 0 Å². The predicted molar refractivity (Wildman–Crippen MR) is 64.9 cm³/mol. The maximum Gasteiger partial charge on any atom is 0.450 e. The van der Waals surface area contributed by atoms with Crippen molar-refractivity contribution in [2.24, 2.45) is 0 Å². The van der Waals surface area contributed by atoms with Gasteiger partial charge in [-0.1, -0.05) is 6.07 Å². The first-order valence-electron chi connectivity index (χ1n) is 5.88. The molecule has 102 valence electrons. The largest absolute Gasteiger partial charge is 0.450 e. The van der Waals surface area contributed by atoms with Crippen molar-refractivity contribution in [2.45, 2.75) is 33.0 Å². The second-order valence-electron chi connectivity index (χ2n) is 4.36. The zero-order chi connectivity index (χ0) is 14.2. The Labute approximate surface area is 108 Å². The number of hydrogen-bond donors (Lipinski definition) is 0. The van der Waals surface area contributed by atoms with Gasteiger partial charge in [-0.05, 0) is 31.5 Å². The highest BCUT2D eigenvalue weighted by molar-refractivity contribution is 5.86. The van der Waals surface area contributed by atoms with Gasteiger partial charge in [0.2, 0.25) is 5.78 Å². The lowest BCUT2D eigenvalue weighted by molar-refractivity contribution is -0.170. The zero-order valence-corrected chi connectivity index (χ0v) is 10.6. The van der Waals surface area contributed by atoms with Crippen LogP contribution in [0.4, 0.5) is 13.2 Å². The molecule has 0 aliphatic carbocycles. The molecule has 0 aliphatic heterocycles. The van der Waals surface area contributed by atoms with E-state index in [4.69, 9.17) is 0 Å². The predicted octanol–water partition coefficient (Wildman–Crippen LogP) is 3.04. The van der Waals surface area contributed by atoms with Crippen molar-refractivity contribution in [1.82, 2.24) is 9.55 Å². The molecule has 0 radical (unpaired) electrons. The number of hydrogen-bond acceptors (Lipinski definition) is 2. The molecule has 1 aromatic carbocycles. The standard InChI is InChI=1S/C13H13F3N2O/c1-3-18-10-5-4-8(2)6-9(10)17-12(18)7-11(19)13(14,15)16/h4-6H,3,7H2,1-2H3. The summed E-state index contributed by atoms with van der Waals surface area (Å²) in [5.41, 5.74) is 2.34. The van der Waals surface area contributed by atoms with Crippen molar-refractivity contribution >= 4 is 16.8 Å². The fourth-order valence-electron chi connectivity index (χ4n) is 2.02. The number of nitrogens with zero attached hydrogens (tertiary/aromatic N) is 2. The maximum atomic E-state index is 12.3.